The lowest BCUT2D eigenvalue weighted by molar-refractivity contribution is -0.142. The minimum atomic E-state index is -1.84. The molecule has 2 aromatic rings. The molecule has 0 saturated carbocycles. The van der Waals surface area contributed by atoms with Gasteiger partial charge < -0.3 is 70.2 Å². The summed E-state index contributed by atoms with van der Waals surface area (Å²) in [7, 11) is 4.55. The molecule has 81 heavy (non-hydrogen) atoms. The highest BCUT2D eigenvalue weighted by molar-refractivity contribution is 9.10. The van der Waals surface area contributed by atoms with E-state index in [0.717, 1.165) is 11.1 Å². The molecule has 25 heteroatoms. The molecule has 4 bridgehead atoms. The van der Waals surface area contributed by atoms with E-state index < -0.39 is 89.7 Å². The van der Waals surface area contributed by atoms with Crippen LogP contribution in [-0.4, -0.2) is 148 Å². The first-order valence-electron chi connectivity index (χ1n) is 26.7. The number of benzene rings is 2. The zero-order chi connectivity index (χ0) is 59.8. The molecule has 3 heterocycles. The molecule has 2 aromatic carbocycles. The summed E-state index contributed by atoms with van der Waals surface area (Å²) >= 11 is 13.6. The van der Waals surface area contributed by atoms with Gasteiger partial charge >= 0.3 is 18.1 Å². The maximum absolute atomic E-state index is 14.4. The fourth-order valence-corrected chi connectivity index (χ4v) is 10.7. The Morgan fingerprint density at radius 1 is 1.10 bits per heavy atom. The number of methoxy groups -OCH3 is 2. The van der Waals surface area contributed by atoms with Crippen molar-refractivity contribution in [3.63, 3.8) is 0 Å². The Labute approximate surface area is 495 Å². The van der Waals surface area contributed by atoms with E-state index in [2.05, 4.69) is 70.3 Å². The molecular formula is C56H77Br2ClN8O14. The Hall–Kier alpha value is -5.60. The van der Waals surface area contributed by atoms with Gasteiger partial charge in [-0.15, -0.1) is 0 Å². The molecule has 0 radical (unpaired) electrons. The summed E-state index contributed by atoms with van der Waals surface area (Å²) in [5.41, 5.74) is 5.68. The molecule has 3 aliphatic rings. The molecule has 22 nitrogen and oxygen atoms in total. The minimum Gasteiger partial charge on any atom is -0.495 e. The molecule has 6 amide bonds. The van der Waals surface area contributed by atoms with Crippen LogP contribution in [0.4, 0.5) is 26.7 Å². The number of nitrogens with one attached hydrogen (secondary N) is 6. The SMILES string of the molecule is C=C(CBr)C(=O)OCCCC[C@@H](C=O)N[C@H](C(=O)N[C@@H](CCCNC(N)=O)C(=O)Nc1ccc(NCO[C@H]2CC(=O)N(C)c3cc(cc(OC)c3Cl)C/C(C)=C/C=C/[C@@H](OC)[C@@]3(O)C[C@H](OC(=O)N3)[C@@H](C)[C@@H]3O[C@@]23C)cc1Br)C(C)C. The van der Waals surface area contributed by atoms with Crippen LogP contribution < -0.4 is 47.3 Å². The number of epoxide rings is 1. The number of rotatable bonds is 25. The Morgan fingerprint density at radius 3 is 2.49 bits per heavy atom. The number of aliphatic hydroxyl groups is 1. The number of urea groups is 1. The number of esters is 1. The lowest BCUT2D eigenvalue weighted by Gasteiger charge is -2.42. The van der Waals surface area contributed by atoms with Crippen molar-refractivity contribution in [3.05, 3.63) is 81.3 Å². The number of nitrogens with two attached hydrogens (primary N) is 1. The van der Waals surface area contributed by atoms with Gasteiger partial charge in [-0.05, 0) is 110 Å². The van der Waals surface area contributed by atoms with Gasteiger partial charge in [-0.2, -0.15) is 0 Å². The maximum Gasteiger partial charge on any atom is 0.409 e. The first kappa shape index (κ1) is 66.2. The second-order valence-electron chi connectivity index (χ2n) is 21.0. The highest BCUT2D eigenvalue weighted by Gasteiger charge is 2.63. The quantitative estimate of drug-likeness (QED) is 0.00977. The van der Waals surface area contributed by atoms with Gasteiger partial charge in [-0.1, -0.05) is 78.7 Å². The molecule has 9 N–H and O–H groups in total. The number of aldehydes is 1. The van der Waals surface area contributed by atoms with Crippen LogP contribution in [0.3, 0.4) is 0 Å². The molecule has 0 aliphatic carbocycles. The number of alkyl carbamates (subject to hydrolysis) is 1. The highest BCUT2D eigenvalue weighted by Crippen LogP contribution is 2.49. The Balaban J connectivity index is 1.32. The third-order valence-corrected chi connectivity index (χ3v) is 16.2. The number of carbonyl (C=O) groups is 7. The average Bonchev–Trinajstić information content (AvgIpc) is 4.28. The third-order valence-electron chi connectivity index (χ3n) is 14.4. The lowest BCUT2D eigenvalue weighted by Crippen LogP contribution is -2.63. The number of hydrogen-bond acceptors (Lipinski definition) is 16. The van der Waals surface area contributed by atoms with E-state index in [0.29, 0.717) is 59.3 Å². The molecule has 0 spiro atoms. The first-order valence-corrected chi connectivity index (χ1v) is 29.0. The van der Waals surface area contributed by atoms with Gasteiger partial charge in [0.15, 0.2) is 5.72 Å². The topological polar surface area (TPSA) is 300 Å². The molecule has 0 aromatic heterocycles. The van der Waals surface area contributed by atoms with Crippen LogP contribution in [0.1, 0.15) is 85.1 Å². The number of ether oxygens (including phenoxy) is 6. The number of unbranched alkanes of at least 4 members (excludes halogenated alkanes) is 1. The Kier molecular flexibility index (Phi) is 25.0. The number of primary amides is 1. The second-order valence-corrected chi connectivity index (χ2v) is 22.7. The van der Waals surface area contributed by atoms with Crippen LogP contribution >= 0.6 is 43.5 Å². The number of carbonyl (C=O) groups excluding carboxylic acids is 7. The average molecular weight is 1280 g/mol. The van der Waals surface area contributed by atoms with Gasteiger partial charge in [0.2, 0.25) is 17.7 Å². The van der Waals surface area contributed by atoms with Crippen molar-refractivity contribution in [3.8, 4) is 5.75 Å². The fraction of sp³-hybridized carbons (Fsp3) is 0.554. The minimum absolute atomic E-state index is 0.0471. The number of nitrogens with zero attached hydrogens (tertiary/aromatic N) is 1. The smallest absolute Gasteiger partial charge is 0.409 e. The molecule has 2 saturated heterocycles. The van der Waals surface area contributed by atoms with Gasteiger partial charge in [0, 0.05) is 54.1 Å². The fourth-order valence-electron chi connectivity index (χ4n) is 9.67. The predicted octanol–water partition coefficient (Wildman–Crippen LogP) is 6.69. The molecule has 2 fully saturated rings. The van der Waals surface area contributed by atoms with Crippen molar-refractivity contribution in [2.75, 3.05) is 62.0 Å². The van der Waals surface area contributed by atoms with E-state index in [1.54, 1.807) is 57.3 Å². The lowest BCUT2D eigenvalue weighted by atomic mass is 9.83. The number of anilines is 3. The third kappa shape index (κ3) is 18.4. The Morgan fingerprint density at radius 2 is 1.84 bits per heavy atom. The molecule has 10 atom stereocenters. The number of allylic oxidation sites excluding steroid dienone is 3. The van der Waals surface area contributed by atoms with Gasteiger partial charge in [-0.3, -0.25) is 25.0 Å². The number of alkyl halides is 1. The van der Waals surface area contributed by atoms with E-state index in [1.165, 1.54) is 19.1 Å². The zero-order valence-corrected chi connectivity index (χ0v) is 50.9. The first-order chi connectivity index (χ1) is 38.4. The molecule has 5 rings (SSSR count). The van der Waals surface area contributed by atoms with Crippen LogP contribution in [0.5, 0.6) is 5.75 Å². The number of hydrogen-bond donors (Lipinski definition) is 8. The molecular weight excluding hydrogens is 1200 g/mol. The van der Waals surface area contributed by atoms with Crippen LogP contribution in [0, 0.1) is 11.8 Å². The zero-order valence-electron chi connectivity index (χ0n) is 47.0. The summed E-state index contributed by atoms with van der Waals surface area (Å²) in [5, 5.41) is 29.5. The van der Waals surface area contributed by atoms with Gasteiger partial charge in [0.25, 0.3) is 0 Å². The van der Waals surface area contributed by atoms with Gasteiger partial charge in [0.05, 0.1) is 55.8 Å². The standard InChI is InChI=1S/C56H77Br2ClN8O14/c1-31(2)48(63-37(29-68)15-10-11-21-78-52(72)33(4)28-57)51(71)65-40(16-13-20-61-53(60)73)50(70)64-39-19-18-36(25-38(39)58)62-30-79-45-26-46(69)67(7)41-23-35(24-42(76-8)47(41)59)22-32(3)14-12-17-44(77-9)56(75)27-43(80-54(74)66-56)34(5)49-55(45,6)81-49/h12,14,17-19,23-25,29,31,34,37,40,43-45,48-49,62-63,75H,4,10-11,13,15-16,20-22,26-28,30H2,1-3,5-9H3,(H,64,70)(H,65,71)(H,66,74)(H3,60,61,73)/b17-12+,32-14+/t34-,37+,40+,43+,44-,45+,48+,49+,55+,56+/m1/s1. The summed E-state index contributed by atoms with van der Waals surface area (Å²) in [5.74, 6) is -2.38. The van der Waals surface area contributed by atoms with E-state index in [9.17, 15) is 38.7 Å². The van der Waals surface area contributed by atoms with Crippen molar-refractivity contribution >= 4 is 103 Å². The van der Waals surface area contributed by atoms with E-state index in [-0.39, 0.29) is 73.3 Å². The van der Waals surface area contributed by atoms with Crippen LogP contribution in [0.2, 0.25) is 5.02 Å². The van der Waals surface area contributed by atoms with Gasteiger partial charge in [0.1, 0.15) is 47.6 Å². The number of amides is 6. The molecule has 446 valence electrons. The van der Waals surface area contributed by atoms with E-state index in [1.807, 2.05) is 32.9 Å². The number of fused-ring (bicyclic) bond motifs is 5. The van der Waals surface area contributed by atoms with Crippen LogP contribution in [-0.2, 0) is 54.1 Å². The van der Waals surface area contributed by atoms with E-state index >= 15 is 0 Å². The predicted molar refractivity (Wildman–Crippen MR) is 313 cm³/mol. The largest absolute Gasteiger partial charge is 0.495 e. The normalized spacial score (nSPS) is 25.0. The molecule has 3 aliphatic heterocycles. The van der Waals surface area contributed by atoms with Crippen LogP contribution in [0.25, 0.3) is 0 Å². The van der Waals surface area contributed by atoms with E-state index in [4.69, 9.17) is 45.8 Å². The van der Waals surface area contributed by atoms with Crippen molar-refractivity contribution < 1.29 is 67.1 Å². The second kappa shape index (κ2) is 30.6. The van der Waals surface area contributed by atoms with Gasteiger partial charge in [-0.25, -0.2) is 14.4 Å². The van der Waals surface area contributed by atoms with Crippen LogP contribution in [0.15, 0.2) is 70.8 Å². The number of halogens is 3. The highest BCUT2D eigenvalue weighted by atomic mass is 79.9. The van der Waals surface area contributed by atoms with Crippen molar-refractivity contribution in [1.82, 2.24) is 21.3 Å². The molecule has 0 unspecified atom stereocenters. The summed E-state index contributed by atoms with van der Waals surface area (Å²) in [6.45, 7) is 13.0. The van der Waals surface area contributed by atoms with Crippen molar-refractivity contribution in [2.45, 2.75) is 140 Å². The summed E-state index contributed by atoms with van der Waals surface area (Å²) in [6, 6.07) is 5.23. The summed E-state index contributed by atoms with van der Waals surface area (Å²) in [4.78, 5) is 92.4. The van der Waals surface area contributed by atoms with Crippen molar-refractivity contribution in [2.24, 2.45) is 17.6 Å². The monoisotopic (exact) mass is 1280 g/mol. The maximum atomic E-state index is 14.4. The summed E-state index contributed by atoms with van der Waals surface area (Å²) in [6.07, 6.45) is 3.82. The Bertz CT molecular complexity index is 2660. The van der Waals surface area contributed by atoms with Crippen molar-refractivity contribution in [1.29, 1.82) is 0 Å². The summed E-state index contributed by atoms with van der Waals surface area (Å²) < 4.78 is 35.7.